The number of piperidine rings is 1. The Morgan fingerprint density at radius 3 is 2.67 bits per heavy atom. The zero-order valence-corrected chi connectivity index (χ0v) is 10.8. The van der Waals surface area contributed by atoms with Gasteiger partial charge in [0.05, 0.1) is 13.0 Å². The van der Waals surface area contributed by atoms with Crippen molar-refractivity contribution in [3.63, 3.8) is 0 Å². The largest absolute Gasteiger partial charge is 0.508 e. The number of hydrogen-bond donors (Lipinski definition) is 1. The molecular weight excluding hydrogens is 230 g/mol. The summed E-state index contributed by atoms with van der Waals surface area (Å²) >= 11 is 0. The van der Waals surface area contributed by atoms with Gasteiger partial charge in [-0.1, -0.05) is 12.1 Å². The number of carbonyl (C=O) groups is 1. The first-order valence-electron chi connectivity index (χ1n) is 6.17. The summed E-state index contributed by atoms with van der Waals surface area (Å²) in [6.45, 7) is 1.69. The van der Waals surface area contributed by atoms with Crippen molar-refractivity contribution in [3.8, 4) is 5.75 Å². The van der Waals surface area contributed by atoms with Crippen LogP contribution in [0.4, 0.5) is 0 Å². The molecule has 4 heteroatoms. The molecule has 1 aliphatic rings. The Morgan fingerprint density at radius 1 is 1.39 bits per heavy atom. The Kier molecular flexibility index (Phi) is 3.87. The van der Waals surface area contributed by atoms with E-state index < -0.39 is 0 Å². The highest BCUT2D eigenvalue weighted by Crippen LogP contribution is 2.33. The van der Waals surface area contributed by atoms with Crippen LogP contribution in [0.15, 0.2) is 24.3 Å². The van der Waals surface area contributed by atoms with Gasteiger partial charge in [0, 0.05) is 6.54 Å². The third kappa shape index (κ3) is 2.64. The van der Waals surface area contributed by atoms with Crippen molar-refractivity contribution in [1.82, 2.24) is 4.90 Å². The third-order valence-corrected chi connectivity index (χ3v) is 3.64. The van der Waals surface area contributed by atoms with E-state index in [-0.39, 0.29) is 23.6 Å². The Morgan fingerprint density at radius 2 is 2.06 bits per heavy atom. The van der Waals surface area contributed by atoms with Crippen LogP contribution >= 0.6 is 0 Å². The number of rotatable bonds is 2. The second-order valence-electron chi connectivity index (χ2n) is 4.88. The van der Waals surface area contributed by atoms with Gasteiger partial charge in [0.1, 0.15) is 5.75 Å². The van der Waals surface area contributed by atoms with Gasteiger partial charge >= 0.3 is 5.97 Å². The standard InChI is InChI=1S/C14H19NO3/c1-15-8-7-12(13(9-15)14(17)18-2)10-3-5-11(16)6-4-10/h3-6,12-13,16H,7-9H2,1-2H3. The summed E-state index contributed by atoms with van der Waals surface area (Å²) in [6.07, 6.45) is 0.932. The molecule has 1 aliphatic heterocycles. The summed E-state index contributed by atoms with van der Waals surface area (Å²) in [6, 6.07) is 7.12. The number of nitrogens with zero attached hydrogens (tertiary/aromatic N) is 1. The lowest BCUT2D eigenvalue weighted by molar-refractivity contribution is -0.148. The van der Waals surface area contributed by atoms with E-state index >= 15 is 0 Å². The molecule has 1 N–H and O–H groups in total. The van der Waals surface area contributed by atoms with Crippen LogP contribution in [0.5, 0.6) is 5.75 Å². The van der Waals surface area contributed by atoms with E-state index in [1.54, 1.807) is 12.1 Å². The maximum absolute atomic E-state index is 11.9. The average molecular weight is 249 g/mol. The second-order valence-corrected chi connectivity index (χ2v) is 4.88. The maximum Gasteiger partial charge on any atom is 0.310 e. The van der Waals surface area contributed by atoms with Crippen molar-refractivity contribution in [3.05, 3.63) is 29.8 Å². The number of phenolic OH excluding ortho intramolecular Hbond substituents is 1. The minimum absolute atomic E-state index is 0.127. The molecule has 2 rings (SSSR count). The average Bonchev–Trinajstić information content (AvgIpc) is 2.39. The van der Waals surface area contributed by atoms with Crippen LogP contribution in [0.2, 0.25) is 0 Å². The Balaban J connectivity index is 2.23. The Hall–Kier alpha value is -1.55. The molecule has 1 saturated heterocycles. The molecule has 1 aromatic rings. The van der Waals surface area contributed by atoms with Gasteiger partial charge in [-0.05, 0) is 43.6 Å². The molecule has 0 aliphatic carbocycles. The lowest BCUT2D eigenvalue weighted by Crippen LogP contribution is -2.41. The minimum atomic E-state index is -0.153. The van der Waals surface area contributed by atoms with Crippen molar-refractivity contribution in [2.45, 2.75) is 12.3 Å². The first-order valence-corrected chi connectivity index (χ1v) is 6.17. The van der Waals surface area contributed by atoms with Crippen LogP contribution in [0.1, 0.15) is 17.9 Å². The number of phenols is 1. The summed E-state index contributed by atoms with van der Waals surface area (Å²) in [7, 11) is 3.45. The van der Waals surface area contributed by atoms with Crippen molar-refractivity contribution >= 4 is 5.97 Å². The predicted octanol–water partition coefficient (Wildman–Crippen LogP) is 1.60. The van der Waals surface area contributed by atoms with Crippen molar-refractivity contribution in [2.24, 2.45) is 5.92 Å². The number of benzene rings is 1. The van der Waals surface area contributed by atoms with E-state index in [2.05, 4.69) is 4.90 Å². The van der Waals surface area contributed by atoms with E-state index in [1.165, 1.54) is 7.11 Å². The number of carbonyl (C=O) groups excluding carboxylic acids is 1. The van der Waals surface area contributed by atoms with Gasteiger partial charge in [-0.15, -0.1) is 0 Å². The number of hydrogen-bond acceptors (Lipinski definition) is 4. The number of ether oxygens (including phenoxy) is 1. The molecule has 1 aromatic carbocycles. The highest BCUT2D eigenvalue weighted by atomic mass is 16.5. The summed E-state index contributed by atoms with van der Waals surface area (Å²) in [5.41, 5.74) is 1.09. The van der Waals surface area contributed by atoms with Crippen LogP contribution in [0.3, 0.4) is 0 Å². The maximum atomic E-state index is 11.9. The molecule has 1 fully saturated rings. The molecule has 98 valence electrons. The van der Waals surface area contributed by atoms with Crippen LogP contribution in [-0.4, -0.2) is 43.2 Å². The number of aromatic hydroxyl groups is 1. The summed E-state index contributed by atoms with van der Waals surface area (Å²) in [4.78, 5) is 14.0. The molecule has 2 atom stereocenters. The van der Waals surface area contributed by atoms with Gasteiger partial charge in [0.2, 0.25) is 0 Å². The van der Waals surface area contributed by atoms with Gasteiger partial charge in [-0.2, -0.15) is 0 Å². The summed E-state index contributed by atoms with van der Waals surface area (Å²) in [5.74, 6) is 0.147. The zero-order valence-electron chi connectivity index (χ0n) is 10.8. The fourth-order valence-electron chi connectivity index (χ4n) is 2.63. The van der Waals surface area contributed by atoms with Crippen molar-refractivity contribution < 1.29 is 14.6 Å². The highest BCUT2D eigenvalue weighted by molar-refractivity contribution is 5.74. The molecule has 2 unspecified atom stereocenters. The van der Waals surface area contributed by atoms with Crippen LogP contribution in [0, 0.1) is 5.92 Å². The Labute approximate surface area is 107 Å². The van der Waals surface area contributed by atoms with E-state index in [0.717, 1.165) is 25.1 Å². The highest BCUT2D eigenvalue weighted by Gasteiger charge is 2.34. The SMILES string of the molecule is COC(=O)C1CN(C)CCC1c1ccc(O)cc1. The molecule has 1 heterocycles. The molecular formula is C14H19NO3. The van der Waals surface area contributed by atoms with Gasteiger partial charge in [-0.25, -0.2) is 0 Å². The quantitative estimate of drug-likeness (QED) is 0.809. The van der Waals surface area contributed by atoms with Gasteiger partial charge in [-0.3, -0.25) is 4.79 Å². The fourth-order valence-corrected chi connectivity index (χ4v) is 2.63. The van der Waals surface area contributed by atoms with E-state index in [4.69, 9.17) is 4.74 Å². The van der Waals surface area contributed by atoms with Crippen LogP contribution in [-0.2, 0) is 9.53 Å². The molecule has 0 spiro atoms. The number of likely N-dealkylation sites (tertiary alicyclic amines) is 1. The van der Waals surface area contributed by atoms with E-state index in [9.17, 15) is 9.90 Å². The molecule has 0 amide bonds. The van der Waals surface area contributed by atoms with Crippen molar-refractivity contribution in [2.75, 3.05) is 27.2 Å². The predicted molar refractivity (Wildman–Crippen MR) is 68.5 cm³/mol. The second kappa shape index (κ2) is 5.40. The lowest BCUT2D eigenvalue weighted by atomic mass is 9.80. The first-order chi connectivity index (χ1) is 8.61. The molecule has 4 nitrogen and oxygen atoms in total. The van der Waals surface area contributed by atoms with Gasteiger partial charge in [0.15, 0.2) is 0 Å². The Bertz CT molecular complexity index is 416. The smallest absolute Gasteiger partial charge is 0.310 e. The van der Waals surface area contributed by atoms with Crippen LogP contribution in [0.25, 0.3) is 0 Å². The van der Waals surface area contributed by atoms with Gasteiger partial charge in [0.25, 0.3) is 0 Å². The monoisotopic (exact) mass is 249 g/mol. The summed E-state index contributed by atoms with van der Waals surface area (Å²) in [5, 5.41) is 9.32. The molecule has 0 saturated carbocycles. The van der Waals surface area contributed by atoms with E-state index in [0.29, 0.717) is 0 Å². The van der Waals surface area contributed by atoms with Gasteiger partial charge < -0.3 is 14.7 Å². The van der Waals surface area contributed by atoms with E-state index in [1.807, 2.05) is 19.2 Å². The van der Waals surface area contributed by atoms with Crippen molar-refractivity contribution in [1.29, 1.82) is 0 Å². The van der Waals surface area contributed by atoms with Crippen LogP contribution < -0.4 is 0 Å². The normalized spacial score (nSPS) is 24.8. The summed E-state index contributed by atoms with van der Waals surface area (Å²) < 4.78 is 4.90. The molecule has 18 heavy (non-hydrogen) atoms. The number of esters is 1. The topological polar surface area (TPSA) is 49.8 Å². The minimum Gasteiger partial charge on any atom is -0.508 e. The first kappa shape index (κ1) is 12.9. The third-order valence-electron chi connectivity index (χ3n) is 3.64. The molecule has 0 radical (unpaired) electrons. The fraction of sp³-hybridized carbons (Fsp3) is 0.500. The molecule has 0 aromatic heterocycles. The number of methoxy groups -OCH3 is 1. The molecule has 0 bridgehead atoms. The lowest BCUT2D eigenvalue weighted by Gasteiger charge is -2.35. The zero-order chi connectivity index (χ0) is 13.1.